The molecule has 1 atom stereocenters. The van der Waals surface area contributed by atoms with Crippen LogP contribution >= 0.6 is 0 Å². The van der Waals surface area contributed by atoms with E-state index in [0.717, 1.165) is 25.7 Å². The molecule has 1 unspecified atom stereocenters. The topological polar surface area (TPSA) is 57.0 Å². The minimum Gasteiger partial charge on any atom is -0.493 e. The summed E-state index contributed by atoms with van der Waals surface area (Å²) in [4.78, 5) is 16.3. The zero-order valence-electron chi connectivity index (χ0n) is 14.0. The van der Waals surface area contributed by atoms with Gasteiger partial charge in [0.05, 0.1) is 6.61 Å². The zero-order chi connectivity index (χ0) is 17.2. The molecule has 24 heavy (non-hydrogen) atoms. The number of carbonyl (C=O) groups excluding carboxylic acids is 1. The lowest BCUT2D eigenvalue weighted by atomic mass is 10.0. The van der Waals surface area contributed by atoms with E-state index in [1.54, 1.807) is 23.1 Å². The number of aromatic nitrogens is 3. The second-order valence-electron chi connectivity index (χ2n) is 5.76. The average molecular weight is 333 g/mol. The molecule has 6 heteroatoms. The fourth-order valence-corrected chi connectivity index (χ4v) is 2.52. The van der Waals surface area contributed by atoms with E-state index < -0.39 is 0 Å². The van der Waals surface area contributed by atoms with Gasteiger partial charge in [0.1, 0.15) is 30.3 Å². The Balaban J connectivity index is 1.77. The molecule has 0 aliphatic heterocycles. The van der Waals surface area contributed by atoms with Crippen molar-refractivity contribution in [2.45, 2.75) is 51.5 Å². The summed E-state index contributed by atoms with van der Waals surface area (Å²) in [5.74, 6) is 0.426. The van der Waals surface area contributed by atoms with E-state index in [4.69, 9.17) is 4.74 Å². The standard InChI is InChI=1S/C18H24FN3O2/c1-2-3-10-18(23)17(22-14-20-13-21-22)9-4-5-11-24-16-8-6-7-15(19)12-16/h6-8,12-14,17H,2-5,9-11H2,1H3. The van der Waals surface area contributed by atoms with Crippen LogP contribution in [0.2, 0.25) is 0 Å². The van der Waals surface area contributed by atoms with Crippen molar-refractivity contribution in [3.05, 3.63) is 42.7 Å². The van der Waals surface area contributed by atoms with Gasteiger partial charge in [0.25, 0.3) is 0 Å². The third-order valence-corrected chi connectivity index (χ3v) is 3.84. The normalized spacial score (nSPS) is 12.1. The highest BCUT2D eigenvalue weighted by Crippen LogP contribution is 2.19. The largest absolute Gasteiger partial charge is 0.493 e. The first-order valence-corrected chi connectivity index (χ1v) is 8.46. The Morgan fingerprint density at radius 1 is 1.33 bits per heavy atom. The van der Waals surface area contributed by atoms with Gasteiger partial charge in [-0.1, -0.05) is 19.4 Å². The van der Waals surface area contributed by atoms with Gasteiger partial charge in [0.2, 0.25) is 0 Å². The number of Topliss-reactive ketones (excluding diaryl/α,β-unsaturated/α-hetero) is 1. The number of hydrogen-bond donors (Lipinski definition) is 0. The van der Waals surface area contributed by atoms with Gasteiger partial charge < -0.3 is 4.74 Å². The number of hydrogen-bond acceptors (Lipinski definition) is 4. The highest BCUT2D eigenvalue weighted by Gasteiger charge is 2.19. The van der Waals surface area contributed by atoms with E-state index in [1.807, 2.05) is 0 Å². The minimum absolute atomic E-state index is 0.202. The van der Waals surface area contributed by atoms with Crippen LogP contribution < -0.4 is 4.74 Å². The van der Waals surface area contributed by atoms with Gasteiger partial charge in [-0.05, 0) is 37.8 Å². The summed E-state index contributed by atoms with van der Waals surface area (Å²) in [6.07, 6.45) is 7.84. The van der Waals surface area contributed by atoms with Crippen molar-refractivity contribution in [2.24, 2.45) is 0 Å². The predicted molar refractivity (Wildman–Crippen MR) is 89.3 cm³/mol. The molecule has 0 aliphatic carbocycles. The van der Waals surface area contributed by atoms with Gasteiger partial charge in [-0.3, -0.25) is 4.79 Å². The highest BCUT2D eigenvalue weighted by atomic mass is 19.1. The van der Waals surface area contributed by atoms with Gasteiger partial charge in [0.15, 0.2) is 5.78 Å². The fraction of sp³-hybridized carbons (Fsp3) is 0.500. The van der Waals surface area contributed by atoms with Crippen molar-refractivity contribution >= 4 is 5.78 Å². The van der Waals surface area contributed by atoms with Crippen molar-refractivity contribution in [1.82, 2.24) is 14.8 Å². The van der Waals surface area contributed by atoms with Crippen LogP contribution in [0.1, 0.15) is 51.5 Å². The van der Waals surface area contributed by atoms with E-state index in [9.17, 15) is 9.18 Å². The van der Waals surface area contributed by atoms with Crippen LogP contribution in [-0.2, 0) is 4.79 Å². The zero-order valence-corrected chi connectivity index (χ0v) is 14.0. The smallest absolute Gasteiger partial charge is 0.157 e. The number of nitrogens with zero attached hydrogens (tertiary/aromatic N) is 3. The SMILES string of the molecule is CCCCC(=O)C(CCCCOc1cccc(F)c1)n1cncn1. The molecule has 0 saturated heterocycles. The van der Waals surface area contributed by atoms with Crippen LogP contribution in [0.25, 0.3) is 0 Å². The summed E-state index contributed by atoms with van der Waals surface area (Å²) >= 11 is 0. The molecule has 0 amide bonds. The number of unbranched alkanes of at least 4 members (excludes halogenated alkanes) is 2. The fourth-order valence-electron chi connectivity index (χ4n) is 2.52. The maximum atomic E-state index is 13.1. The third kappa shape index (κ3) is 5.76. The lowest BCUT2D eigenvalue weighted by molar-refractivity contribution is -0.122. The number of halogens is 1. The summed E-state index contributed by atoms with van der Waals surface area (Å²) in [7, 11) is 0. The monoisotopic (exact) mass is 333 g/mol. The number of benzene rings is 1. The van der Waals surface area contributed by atoms with Gasteiger partial charge >= 0.3 is 0 Å². The van der Waals surface area contributed by atoms with Gasteiger partial charge in [-0.15, -0.1) is 0 Å². The molecule has 5 nitrogen and oxygen atoms in total. The second-order valence-corrected chi connectivity index (χ2v) is 5.76. The molecule has 0 N–H and O–H groups in total. The molecule has 1 aromatic carbocycles. The number of rotatable bonds is 11. The first-order valence-electron chi connectivity index (χ1n) is 8.46. The quantitative estimate of drug-likeness (QED) is 0.584. The number of carbonyl (C=O) groups is 1. The molecule has 130 valence electrons. The van der Waals surface area contributed by atoms with E-state index in [1.165, 1.54) is 18.5 Å². The molecule has 0 radical (unpaired) electrons. The van der Waals surface area contributed by atoms with Crippen molar-refractivity contribution in [3.8, 4) is 5.75 Å². The molecule has 0 bridgehead atoms. The van der Waals surface area contributed by atoms with E-state index in [-0.39, 0.29) is 17.6 Å². The third-order valence-electron chi connectivity index (χ3n) is 3.84. The molecule has 0 spiro atoms. The maximum absolute atomic E-state index is 13.1. The molecule has 0 saturated carbocycles. The van der Waals surface area contributed by atoms with Crippen LogP contribution in [0.4, 0.5) is 4.39 Å². The molecule has 2 aromatic rings. The lowest BCUT2D eigenvalue weighted by Gasteiger charge is -2.16. The van der Waals surface area contributed by atoms with Crippen molar-refractivity contribution in [2.75, 3.05) is 6.61 Å². The van der Waals surface area contributed by atoms with Crippen LogP contribution in [0.15, 0.2) is 36.9 Å². The van der Waals surface area contributed by atoms with E-state index >= 15 is 0 Å². The summed E-state index contributed by atoms with van der Waals surface area (Å²) < 4.78 is 20.2. The Hall–Kier alpha value is -2.24. The minimum atomic E-state index is -0.305. The lowest BCUT2D eigenvalue weighted by Crippen LogP contribution is -2.20. The molecule has 2 rings (SSSR count). The highest BCUT2D eigenvalue weighted by molar-refractivity contribution is 5.82. The predicted octanol–water partition coefficient (Wildman–Crippen LogP) is 3.97. The van der Waals surface area contributed by atoms with E-state index in [2.05, 4.69) is 17.0 Å². The maximum Gasteiger partial charge on any atom is 0.157 e. The Bertz CT molecular complexity index is 616. The molecule has 0 fully saturated rings. The van der Waals surface area contributed by atoms with Crippen LogP contribution in [-0.4, -0.2) is 27.2 Å². The first kappa shape index (κ1) is 18.1. The Morgan fingerprint density at radius 3 is 2.92 bits per heavy atom. The van der Waals surface area contributed by atoms with Crippen molar-refractivity contribution < 1.29 is 13.9 Å². The molecular weight excluding hydrogens is 309 g/mol. The van der Waals surface area contributed by atoms with Crippen LogP contribution in [0.3, 0.4) is 0 Å². The van der Waals surface area contributed by atoms with Gasteiger partial charge in [0, 0.05) is 12.5 Å². The second kappa shape index (κ2) is 9.80. The van der Waals surface area contributed by atoms with E-state index in [0.29, 0.717) is 25.2 Å². The number of ether oxygens (including phenoxy) is 1. The summed E-state index contributed by atoms with van der Waals surface area (Å²) in [6.45, 7) is 2.57. The van der Waals surface area contributed by atoms with Gasteiger partial charge in [-0.25, -0.2) is 14.1 Å². The molecule has 0 aliphatic rings. The van der Waals surface area contributed by atoms with Gasteiger partial charge in [-0.2, -0.15) is 5.10 Å². The number of ketones is 1. The Kier molecular flexibility index (Phi) is 7.39. The van der Waals surface area contributed by atoms with Crippen molar-refractivity contribution in [1.29, 1.82) is 0 Å². The molecular formula is C18H24FN3O2. The molecule has 1 aromatic heterocycles. The first-order chi connectivity index (χ1) is 11.7. The Morgan fingerprint density at radius 2 is 2.21 bits per heavy atom. The average Bonchev–Trinajstić information content (AvgIpc) is 3.10. The van der Waals surface area contributed by atoms with Crippen LogP contribution in [0, 0.1) is 5.82 Å². The summed E-state index contributed by atoms with van der Waals surface area (Å²) in [6, 6.07) is 5.85. The Labute approximate surface area is 141 Å². The summed E-state index contributed by atoms with van der Waals surface area (Å²) in [5, 5.41) is 4.11. The van der Waals surface area contributed by atoms with Crippen LogP contribution in [0.5, 0.6) is 5.75 Å². The van der Waals surface area contributed by atoms with Crippen molar-refractivity contribution in [3.63, 3.8) is 0 Å². The summed E-state index contributed by atoms with van der Waals surface area (Å²) in [5.41, 5.74) is 0. The molecule has 1 heterocycles.